The molecule has 0 radical (unpaired) electrons. The van der Waals surface area contributed by atoms with Crippen LogP contribution in [0.4, 0.5) is 0 Å². The molecule has 0 heterocycles. The summed E-state index contributed by atoms with van der Waals surface area (Å²) in [5.41, 5.74) is -17.2. The van der Waals surface area contributed by atoms with Crippen LogP contribution in [0.25, 0.3) is 0 Å². The van der Waals surface area contributed by atoms with Gasteiger partial charge in [0.15, 0.2) is 0 Å². The number of hydrogen-bond donors (Lipinski definition) is 1. The third kappa shape index (κ3) is 22.3. The molecule has 0 aliphatic rings. The van der Waals surface area contributed by atoms with Crippen LogP contribution in [0.5, 0.6) is 0 Å². The van der Waals surface area contributed by atoms with E-state index in [1.807, 2.05) is 0 Å². The maximum absolute atomic E-state index is 14.9. The Morgan fingerprint density at radius 1 is 0.257 bits per heavy atom. The number of carbonyl (C=O) groups is 1. The highest BCUT2D eigenvalue weighted by Gasteiger charge is 2.94. The molecular formula is C48H96O22. The van der Waals surface area contributed by atoms with Gasteiger partial charge in [-0.3, -0.25) is 0 Å². The molecule has 0 rings (SSSR count). The Kier molecular flexibility index (Phi) is 23.2. The fourth-order valence-electron chi connectivity index (χ4n) is 4.12. The third-order valence-electron chi connectivity index (χ3n) is 6.74. The van der Waals surface area contributed by atoms with Gasteiger partial charge < -0.3 is 5.11 Å². The largest absolute Gasteiger partial charge is 0.479 e. The number of hydrogen-bond acceptors (Lipinski definition) is 21. The van der Waals surface area contributed by atoms with E-state index in [2.05, 4.69) is 0 Å². The SMILES string of the molecule is CCC(OOC(C)(C)C)(C(=O)O)C(OOC(C)(C)C)(OOC(C)(C)C)C(OOC(C)(C)C)(OOC(C)(C)C)C(OOC(C)(C)C)(OOC(C)(C)C)C(OOC(C)(C)C)(OOC(C)(C)C)OOC(C)(C)C. The highest BCUT2D eigenvalue weighted by molar-refractivity contribution is 5.79. The fraction of sp³-hybridized carbons (Fsp3) is 0.979. The van der Waals surface area contributed by atoms with Crippen molar-refractivity contribution >= 4 is 5.97 Å². The minimum absolute atomic E-state index is 0.764. The maximum atomic E-state index is 14.9. The van der Waals surface area contributed by atoms with E-state index in [-0.39, 0.29) is 0 Å². The van der Waals surface area contributed by atoms with E-state index < -0.39 is 97.3 Å². The topological polar surface area (TPSA) is 222 Å². The summed E-state index contributed by atoms with van der Waals surface area (Å²) in [6.07, 6.45) is -0.764. The molecule has 22 heteroatoms. The average Bonchev–Trinajstić information content (AvgIpc) is 3.09. The van der Waals surface area contributed by atoms with Gasteiger partial charge in [-0.15, -0.1) is 0 Å². The average molecular weight is 1030 g/mol. The van der Waals surface area contributed by atoms with Crippen LogP contribution in [0.3, 0.4) is 0 Å². The second-order valence-corrected chi connectivity index (χ2v) is 26.7. The molecule has 0 amide bonds. The van der Waals surface area contributed by atoms with Crippen LogP contribution in [0.1, 0.15) is 221 Å². The molecule has 0 aliphatic carbocycles. The summed E-state index contributed by atoms with van der Waals surface area (Å²) >= 11 is 0. The predicted octanol–water partition coefficient (Wildman–Crippen LogP) is 11.4. The van der Waals surface area contributed by atoms with Crippen molar-refractivity contribution in [3.05, 3.63) is 0 Å². The van der Waals surface area contributed by atoms with Crippen molar-refractivity contribution < 1.29 is 108 Å². The fourth-order valence-corrected chi connectivity index (χ4v) is 4.12. The zero-order valence-corrected chi connectivity index (χ0v) is 48.7. The number of carboxylic acid groups (broad SMARTS) is 1. The smallest absolute Gasteiger partial charge is 0.431 e. The van der Waals surface area contributed by atoms with Gasteiger partial charge in [0.05, 0.1) is 56.0 Å². The molecule has 0 aromatic heterocycles. The molecule has 1 atom stereocenters. The minimum Gasteiger partial charge on any atom is -0.479 e. The normalized spacial score (nSPS) is 16.2. The van der Waals surface area contributed by atoms with Gasteiger partial charge >= 0.3 is 29.3 Å². The molecule has 0 saturated carbocycles. The molecule has 0 spiro atoms. The highest BCUT2D eigenvalue weighted by Crippen LogP contribution is 2.59. The number of rotatable bonds is 26. The monoisotopic (exact) mass is 1020 g/mol. The molecule has 0 aliphatic heterocycles. The van der Waals surface area contributed by atoms with Crippen LogP contribution in [0, 0.1) is 0 Å². The number of carboxylic acids is 1. The second kappa shape index (κ2) is 23.7. The molecule has 1 N–H and O–H groups in total. The van der Waals surface area contributed by atoms with E-state index in [1.54, 1.807) is 208 Å². The zero-order chi connectivity index (χ0) is 55.9. The Bertz CT molecular complexity index is 1460. The minimum atomic E-state index is -3.97. The summed E-state index contributed by atoms with van der Waals surface area (Å²) in [6, 6.07) is 0. The molecule has 420 valence electrons. The molecule has 0 aromatic carbocycles. The van der Waals surface area contributed by atoms with Crippen molar-refractivity contribution in [1.29, 1.82) is 0 Å². The van der Waals surface area contributed by atoms with Crippen LogP contribution in [0.2, 0.25) is 0 Å². The lowest BCUT2D eigenvalue weighted by molar-refractivity contribution is -0.787. The molecular weight excluding hydrogens is 929 g/mol. The Labute approximate surface area is 418 Å². The predicted molar refractivity (Wildman–Crippen MR) is 251 cm³/mol. The first-order valence-corrected chi connectivity index (χ1v) is 23.5. The maximum Gasteiger partial charge on any atom is 0.431 e. The van der Waals surface area contributed by atoms with Gasteiger partial charge in [-0.1, -0.05) is 6.92 Å². The summed E-state index contributed by atoms with van der Waals surface area (Å²) in [6.45, 7) is 48.5. The van der Waals surface area contributed by atoms with E-state index in [9.17, 15) is 9.90 Å². The summed E-state index contributed by atoms with van der Waals surface area (Å²) < 4.78 is 0. The Hall–Kier alpha value is -1.33. The van der Waals surface area contributed by atoms with Gasteiger partial charge in [0.25, 0.3) is 5.60 Å². The van der Waals surface area contributed by atoms with E-state index in [0.717, 1.165) is 0 Å². The van der Waals surface area contributed by atoms with Gasteiger partial charge in [-0.25, -0.2) is 58.6 Å². The lowest BCUT2D eigenvalue weighted by Gasteiger charge is -2.58. The number of aliphatic carboxylic acids is 1. The quantitative estimate of drug-likeness (QED) is 0.0483. The molecule has 0 saturated heterocycles. The van der Waals surface area contributed by atoms with Crippen LogP contribution >= 0.6 is 0 Å². The van der Waals surface area contributed by atoms with Gasteiger partial charge in [-0.2, -0.15) is 44.0 Å². The Morgan fingerprint density at radius 2 is 0.429 bits per heavy atom. The van der Waals surface area contributed by atoms with Crippen molar-refractivity contribution in [3.63, 3.8) is 0 Å². The summed E-state index contributed by atoms with van der Waals surface area (Å²) in [7, 11) is 0. The van der Waals surface area contributed by atoms with E-state index in [4.69, 9.17) is 97.8 Å². The first kappa shape index (κ1) is 68.7. The van der Waals surface area contributed by atoms with Crippen molar-refractivity contribution in [1.82, 2.24) is 0 Å². The molecule has 0 bridgehead atoms. The Balaban J connectivity index is 11.3. The van der Waals surface area contributed by atoms with Crippen molar-refractivity contribution in [2.45, 2.75) is 306 Å². The van der Waals surface area contributed by atoms with E-state index >= 15 is 0 Å². The van der Waals surface area contributed by atoms with Gasteiger partial charge in [-0.05, 0) is 214 Å². The lowest BCUT2D eigenvalue weighted by atomic mass is 9.79. The standard InChI is InChI=1S/C48H96O22/c1-32-44(33(49)50,61-51-34(2,3)4)45(62-52-35(5,6)7,63-53-36(8,9)10)46(64-54-37(11,12)13,65-55-38(14,15)16)47(66-56-39(17,18)19,67-57-40(20,21)22)48(68-58-41(23,24)25,69-59-42(26,27)28)70-60-43(29,30)31/h32H2,1-31H3,(H,49,50). The van der Waals surface area contributed by atoms with E-state index in [0.29, 0.717) is 0 Å². The third-order valence-corrected chi connectivity index (χ3v) is 6.74. The molecule has 1 unspecified atom stereocenters. The second-order valence-electron chi connectivity index (χ2n) is 26.7. The highest BCUT2D eigenvalue weighted by atomic mass is 17.5. The summed E-state index contributed by atoms with van der Waals surface area (Å²) in [5.74, 6) is -17.3. The molecule has 0 fully saturated rings. The van der Waals surface area contributed by atoms with Crippen molar-refractivity contribution in [2.75, 3.05) is 0 Å². The zero-order valence-electron chi connectivity index (χ0n) is 48.7. The van der Waals surface area contributed by atoms with Crippen LogP contribution in [-0.4, -0.2) is 96.0 Å². The molecule has 70 heavy (non-hydrogen) atoms. The first-order valence-electron chi connectivity index (χ1n) is 23.5. The van der Waals surface area contributed by atoms with E-state index in [1.165, 1.54) is 6.92 Å². The lowest BCUT2D eigenvalue weighted by Crippen LogP contribution is -2.87. The van der Waals surface area contributed by atoms with Gasteiger partial charge in [0.1, 0.15) is 0 Å². The Morgan fingerprint density at radius 3 is 0.614 bits per heavy atom. The van der Waals surface area contributed by atoms with Crippen LogP contribution in [0.15, 0.2) is 0 Å². The molecule has 22 nitrogen and oxygen atoms in total. The van der Waals surface area contributed by atoms with Gasteiger partial charge in [0, 0.05) is 0 Å². The van der Waals surface area contributed by atoms with Crippen molar-refractivity contribution in [3.8, 4) is 0 Å². The summed E-state index contributed by atoms with van der Waals surface area (Å²) in [5, 5.41) is 12.1. The molecule has 0 aromatic rings. The first-order chi connectivity index (χ1) is 30.6. The van der Waals surface area contributed by atoms with Gasteiger partial charge in [0.2, 0.25) is 0 Å². The summed E-state index contributed by atoms with van der Waals surface area (Å²) in [4.78, 5) is 142. The van der Waals surface area contributed by atoms with Crippen molar-refractivity contribution in [2.24, 2.45) is 0 Å². The van der Waals surface area contributed by atoms with Crippen LogP contribution < -0.4 is 0 Å². The van der Waals surface area contributed by atoms with Crippen LogP contribution in [-0.2, 0) is 103 Å².